The third-order valence-electron chi connectivity index (χ3n) is 5.45. The number of benzene rings is 1. The Morgan fingerprint density at radius 2 is 1.55 bits per heavy atom. The fourth-order valence-corrected chi connectivity index (χ4v) is 5.06. The van der Waals surface area contributed by atoms with Crippen LogP contribution in [-0.4, -0.2) is 0 Å². The molecular formula is C18H18F2. The van der Waals surface area contributed by atoms with Gasteiger partial charge in [0.1, 0.15) is 0 Å². The Bertz CT molecular complexity index is 570. The van der Waals surface area contributed by atoms with Crippen LogP contribution in [0.1, 0.15) is 44.1 Å². The van der Waals surface area contributed by atoms with Gasteiger partial charge in [0.2, 0.25) is 0 Å². The summed E-state index contributed by atoms with van der Waals surface area (Å²) in [6.07, 6.45) is 7.62. The van der Waals surface area contributed by atoms with Crippen LogP contribution < -0.4 is 0 Å². The van der Waals surface area contributed by atoms with Crippen molar-refractivity contribution in [3.63, 3.8) is 0 Å². The van der Waals surface area contributed by atoms with E-state index in [1.807, 2.05) is 0 Å². The van der Waals surface area contributed by atoms with Crippen molar-refractivity contribution in [2.75, 3.05) is 0 Å². The lowest BCUT2D eigenvalue weighted by molar-refractivity contribution is -0.0181. The highest BCUT2D eigenvalue weighted by Gasteiger charge is 2.50. The smallest absolute Gasteiger partial charge is 0.174 e. The van der Waals surface area contributed by atoms with Crippen molar-refractivity contribution in [2.45, 2.75) is 38.5 Å². The molecule has 0 atom stereocenters. The third-order valence-corrected chi connectivity index (χ3v) is 5.45. The molecule has 2 heteroatoms. The van der Waals surface area contributed by atoms with E-state index in [2.05, 4.69) is 11.8 Å². The molecule has 4 aliphatic carbocycles. The lowest BCUT2D eigenvalue weighted by Crippen LogP contribution is -2.45. The molecule has 4 bridgehead atoms. The molecule has 0 amide bonds. The molecule has 0 nitrogen and oxygen atoms in total. The summed E-state index contributed by atoms with van der Waals surface area (Å²) in [7, 11) is 0. The topological polar surface area (TPSA) is 0 Å². The summed E-state index contributed by atoms with van der Waals surface area (Å²) in [6.45, 7) is 0. The SMILES string of the molecule is Fc1cccc(C#C[C@]23CC4CC(C[C@H](C4)C2)C3)c1F. The maximum atomic E-state index is 13.7. The van der Waals surface area contributed by atoms with Crippen molar-refractivity contribution in [3.8, 4) is 11.8 Å². The molecule has 4 saturated carbocycles. The van der Waals surface area contributed by atoms with Crippen molar-refractivity contribution < 1.29 is 8.78 Å². The van der Waals surface area contributed by atoms with Crippen LogP contribution in [0.25, 0.3) is 0 Å². The number of halogens is 2. The van der Waals surface area contributed by atoms with Crippen LogP contribution in [-0.2, 0) is 0 Å². The maximum Gasteiger partial charge on any atom is 0.174 e. The van der Waals surface area contributed by atoms with Gasteiger partial charge in [-0.25, -0.2) is 8.78 Å². The van der Waals surface area contributed by atoms with Crippen molar-refractivity contribution in [1.29, 1.82) is 0 Å². The Labute approximate surface area is 118 Å². The molecule has 0 aromatic heterocycles. The summed E-state index contributed by atoms with van der Waals surface area (Å²) in [5.41, 5.74) is 0.300. The summed E-state index contributed by atoms with van der Waals surface area (Å²) in [5, 5.41) is 0. The van der Waals surface area contributed by atoms with Gasteiger partial charge in [-0.3, -0.25) is 0 Å². The average Bonchev–Trinajstić information content (AvgIpc) is 2.39. The molecule has 0 aliphatic heterocycles. The van der Waals surface area contributed by atoms with Gasteiger partial charge in [-0.05, 0) is 68.4 Å². The first-order valence-corrected chi connectivity index (χ1v) is 7.61. The Balaban J connectivity index is 1.66. The largest absolute Gasteiger partial charge is 0.204 e. The van der Waals surface area contributed by atoms with Crippen LogP contribution in [0.5, 0.6) is 0 Å². The summed E-state index contributed by atoms with van der Waals surface area (Å²) in [6, 6.07) is 4.25. The lowest BCUT2D eigenvalue weighted by atomic mass is 9.50. The van der Waals surface area contributed by atoms with Crippen molar-refractivity contribution >= 4 is 0 Å². The minimum atomic E-state index is -0.803. The van der Waals surface area contributed by atoms with Gasteiger partial charge in [0, 0.05) is 5.41 Å². The molecule has 0 N–H and O–H groups in total. The molecule has 104 valence electrons. The fourth-order valence-electron chi connectivity index (χ4n) is 5.06. The van der Waals surface area contributed by atoms with Crippen LogP contribution in [0.2, 0.25) is 0 Å². The lowest BCUT2D eigenvalue weighted by Gasteiger charge is -2.54. The summed E-state index contributed by atoms with van der Waals surface area (Å²) >= 11 is 0. The predicted molar refractivity (Wildman–Crippen MR) is 73.8 cm³/mol. The molecule has 0 heterocycles. The maximum absolute atomic E-state index is 13.7. The second-order valence-corrected chi connectivity index (χ2v) is 7.05. The van der Waals surface area contributed by atoms with Crippen molar-refractivity contribution in [1.82, 2.24) is 0 Å². The second-order valence-electron chi connectivity index (χ2n) is 7.05. The Morgan fingerprint density at radius 3 is 2.15 bits per heavy atom. The zero-order chi connectivity index (χ0) is 13.7. The van der Waals surface area contributed by atoms with Crippen molar-refractivity contribution in [3.05, 3.63) is 35.4 Å². The summed E-state index contributed by atoms with van der Waals surface area (Å²) in [4.78, 5) is 0. The molecule has 5 rings (SSSR count). The van der Waals surface area contributed by atoms with E-state index in [9.17, 15) is 8.78 Å². The van der Waals surface area contributed by atoms with Gasteiger partial charge in [-0.15, -0.1) is 0 Å². The minimum Gasteiger partial charge on any atom is -0.204 e. The zero-order valence-electron chi connectivity index (χ0n) is 11.5. The standard InChI is InChI=1S/C18H18F2/c19-16-3-1-2-15(17(16)20)4-5-18-9-12-6-13(10-18)8-14(7-12)11-18/h1-3,12-14H,6-11H2/t12-,13?,14?,18+. The van der Waals surface area contributed by atoms with Crippen LogP contribution >= 0.6 is 0 Å². The molecule has 0 saturated heterocycles. The van der Waals surface area contributed by atoms with E-state index >= 15 is 0 Å². The molecule has 1 aromatic rings. The number of rotatable bonds is 0. The monoisotopic (exact) mass is 272 g/mol. The normalized spacial score (nSPS) is 37.6. The van der Waals surface area contributed by atoms with E-state index in [0.717, 1.165) is 23.8 Å². The van der Waals surface area contributed by atoms with Crippen LogP contribution in [0.3, 0.4) is 0 Å². The van der Waals surface area contributed by atoms with Gasteiger partial charge in [0.25, 0.3) is 0 Å². The van der Waals surface area contributed by atoms with E-state index in [4.69, 9.17) is 0 Å². The molecule has 4 aliphatic rings. The molecule has 0 radical (unpaired) electrons. The van der Waals surface area contributed by atoms with E-state index in [1.165, 1.54) is 44.6 Å². The van der Waals surface area contributed by atoms with Gasteiger partial charge in [-0.1, -0.05) is 17.9 Å². The van der Waals surface area contributed by atoms with Gasteiger partial charge < -0.3 is 0 Å². The molecular weight excluding hydrogens is 254 g/mol. The summed E-state index contributed by atoms with van der Waals surface area (Å²) < 4.78 is 26.9. The van der Waals surface area contributed by atoms with Crippen LogP contribution in [0, 0.1) is 46.6 Å². The van der Waals surface area contributed by atoms with E-state index in [0.29, 0.717) is 0 Å². The number of hydrogen-bond donors (Lipinski definition) is 0. The molecule has 0 unspecified atom stereocenters. The summed E-state index contributed by atoms with van der Waals surface area (Å²) in [5.74, 6) is 7.18. The Hall–Kier alpha value is -1.36. The first kappa shape index (κ1) is 12.4. The molecule has 4 fully saturated rings. The highest BCUT2D eigenvalue weighted by atomic mass is 19.2. The highest BCUT2D eigenvalue weighted by Crippen LogP contribution is 2.59. The predicted octanol–water partition coefficient (Wildman–Crippen LogP) is 4.53. The first-order chi connectivity index (χ1) is 9.63. The van der Waals surface area contributed by atoms with Gasteiger partial charge in [0.05, 0.1) is 5.56 Å². The quantitative estimate of drug-likeness (QED) is 0.609. The Kier molecular flexibility index (Phi) is 2.67. The fraction of sp³-hybridized carbons (Fsp3) is 0.556. The van der Waals surface area contributed by atoms with Gasteiger partial charge in [-0.2, -0.15) is 0 Å². The van der Waals surface area contributed by atoms with E-state index in [-0.39, 0.29) is 11.0 Å². The third kappa shape index (κ3) is 1.95. The van der Waals surface area contributed by atoms with E-state index < -0.39 is 11.6 Å². The highest BCUT2D eigenvalue weighted by molar-refractivity contribution is 5.38. The van der Waals surface area contributed by atoms with Gasteiger partial charge >= 0.3 is 0 Å². The van der Waals surface area contributed by atoms with Crippen molar-refractivity contribution in [2.24, 2.45) is 23.2 Å². The van der Waals surface area contributed by atoms with E-state index in [1.54, 1.807) is 6.07 Å². The second kappa shape index (κ2) is 4.32. The zero-order valence-corrected chi connectivity index (χ0v) is 11.5. The first-order valence-electron chi connectivity index (χ1n) is 7.61. The molecule has 0 spiro atoms. The van der Waals surface area contributed by atoms with Gasteiger partial charge in [0.15, 0.2) is 11.6 Å². The average molecular weight is 272 g/mol. The Morgan fingerprint density at radius 1 is 0.950 bits per heavy atom. The van der Waals surface area contributed by atoms with Crippen LogP contribution in [0.15, 0.2) is 18.2 Å². The minimum absolute atomic E-state index is 0.0908. The molecule has 1 aromatic carbocycles. The molecule has 20 heavy (non-hydrogen) atoms. The van der Waals surface area contributed by atoms with Crippen LogP contribution in [0.4, 0.5) is 8.78 Å². The number of hydrogen-bond acceptors (Lipinski definition) is 0.